The van der Waals surface area contributed by atoms with Crippen molar-refractivity contribution >= 4 is 0 Å². The molecule has 2 nitrogen and oxygen atoms in total. The number of hydrogen-bond acceptors (Lipinski definition) is 0. The second-order valence-corrected chi connectivity index (χ2v) is 9.21. The Kier molecular flexibility index (Phi) is 17.4. The third-order valence-electron chi connectivity index (χ3n) is 6.58. The zero-order valence-corrected chi connectivity index (χ0v) is 20.3. The summed E-state index contributed by atoms with van der Waals surface area (Å²) in [5.41, 5.74) is 0. The van der Waals surface area contributed by atoms with Gasteiger partial charge in [-0.15, -0.1) is 0 Å². The lowest BCUT2D eigenvalue weighted by molar-refractivity contribution is -0.701. The van der Waals surface area contributed by atoms with Gasteiger partial charge in [-0.1, -0.05) is 123 Å². The van der Waals surface area contributed by atoms with Gasteiger partial charge in [-0.3, -0.25) is 0 Å². The molecule has 170 valence electrons. The van der Waals surface area contributed by atoms with Gasteiger partial charge in [-0.05, 0) is 19.8 Å². The lowest BCUT2D eigenvalue weighted by Crippen LogP contribution is -2.36. The van der Waals surface area contributed by atoms with Gasteiger partial charge in [0.05, 0.1) is 12.5 Å². The molecule has 0 aliphatic heterocycles. The van der Waals surface area contributed by atoms with Crippen LogP contribution in [0.5, 0.6) is 0 Å². The Morgan fingerprint density at radius 3 is 1.45 bits per heavy atom. The average molecular weight is 406 g/mol. The minimum atomic E-state index is 0.731. The van der Waals surface area contributed by atoms with Crippen LogP contribution >= 0.6 is 0 Å². The van der Waals surface area contributed by atoms with E-state index in [1.165, 1.54) is 128 Å². The smallest absolute Gasteiger partial charge is 0.247 e. The summed E-state index contributed by atoms with van der Waals surface area (Å²) in [4.78, 5) is 3.58. The van der Waals surface area contributed by atoms with E-state index < -0.39 is 0 Å². The van der Waals surface area contributed by atoms with Crippen LogP contribution in [0.25, 0.3) is 0 Å². The standard InChI is InChI=1S/C27H52N2/c1-4-7-9-11-13-15-17-19-21-23-26(27-28-24-25-29(27)6-3)22-20-18-16-14-12-10-8-5-2/h24-26H,4-23H2,1-3H3/p+1/t26-/m0/s1. The molecule has 0 radical (unpaired) electrons. The first-order valence-corrected chi connectivity index (χ1v) is 13.4. The molecule has 0 spiro atoms. The van der Waals surface area contributed by atoms with Gasteiger partial charge in [-0.2, -0.15) is 0 Å². The summed E-state index contributed by atoms with van der Waals surface area (Å²) in [5, 5.41) is 0. The highest BCUT2D eigenvalue weighted by Gasteiger charge is 2.21. The minimum Gasteiger partial charge on any atom is -0.247 e. The van der Waals surface area contributed by atoms with E-state index in [4.69, 9.17) is 0 Å². The van der Waals surface area contributed by atoms with Crippen molar-refractivity contribution in [3.05, 3.63) is 18.2 Å². The Hall–Kier alpha value is -0.790. The summed E-state index contributed by atoms with van der Waals surface area (Å²) in [6.07, 6.45) is 31.3. The summed E-state index contributed by atoms with van der Waals surface area (Å²) in [5.74, 6) is 2.21. The van der Waals surface area contributed by atoms with Crippen molar-refractivity contribution < 1.29 is 4.57 Å². The van der Waals surface area contributed by atoms with E-state index in [0.29, 0.717) is 0 Å². The molecule has 0 bridgehead atoms. The SMILES string of the molecule is CCCCCCCCCCC[C@H](CCCCCCCCCC)c1[nH]cc[n+]1CC. The maximum absolute atomic E-state index is 3.58. The lowest BCUT2D eigenvalue weighted by Gasteiger charge is -2.14. The van der Waals surface area contributed by atoms with Gasteiger partial charge in [0.15, 0.2) is 0 Å². The lowest BCUT2D eigenvalue weighted by atomic mass is 9.93. The van der Waals surface area contributed by atoms with Gasteiger partial charge in [0.1, 0.15) is 12.4 Å². The monoisotopic (exact) mass is 405 g/mol. The molecule has 1 N–H and O–H groups in total. The molecule has 1 aromatic heterocycles. The summed E-state index contributed by atoms with van der Waals surface area (Å²) < 4.78 is 2.43. The van der Waals surface area contributed by atoms with Gasteiger partial charge in [0, 0.05) is 0 Å². The molecule has 0 aromatic carbocycles. The largest absolute Gasteiger partial charge is 0.257 e. The molecular weight excluding hydrogens is 352 g/mol. The number of unbranched alkanes of at least 4 members (excludes halogenated alkanes) is 15. The van der Waals surface area contributed by atoms with Crippen LogP contribution in [0.2, 0.25) is 0 Å². The molecule has 1 aromatic rings. The molecule has 0 saturated carbocycles. The van der Waals surface area contributed by atoms with Crippen LogP contribution in [0.3, 0.4) is 0 Å². The molecule has 0 aliphatic carbocycles. The average Bonchev–Trinajstić information content (AvgIpc) is 3.21. The normalized spacial score (nSPS) is 12.5. The van der Waals surface area contributed by atoms with Gasteiger partial charge < -0.3 is 0 Å². The number of nitrogens with zero attached hydrogens (tertiary/aromatic N) is 1. The van der Waals surface area contributed by atoms with E-state index >= 15 is 0 Å². The minimum absolute atomic E-state index is 0.731. The molecule has 1 atom stereocenters. The number of imidazole rings is 1. The summed E-state index contributed by atoms with van der Waals surface area (Å²) in [6, 6.07) is 0. The highest BCUT2D eigenvalue weighted by molar-refractivity contribution is 4.90. The Labute approximate surface area is 183 Å². The van der Waals surface area contributed by atoms with Crippen LogP contribution in [0, 0.1) is 0 Å². The Balaban J connectivity index is 2.23. The van der Waals surface area contributed by atoms with E-state index in [9.17, 15) is 0 Å². The third kappa shape index (κ3) is 13.2. The predicted octanol–water partition coefficient (Wildman–Crippen LogP) is 8.86. The third-order valence-corrected chi connectivity index (χ3v) is 6.58. The number of hydrogen-bond donors (Lipinski definition) is 1. The number of aromatic amines is 1. The Morgan fingerprint density at radius 2 is 1.03 bits per heavy atom. The van der Waals surface area contributed by atoms with Crippen LogP contribution in [-0.2, 0) is 6.54 Å². The molecule has 0 unspecified atom stereocenters. The van der Waals surface area contributed by atoms with Crippen LogP contribution in [0.1, 0.15) is 155 Å². The van der Waals surface area contributed by atoms with E-state index in [-0.39, 0.29) is 0 Å². The molecular formula is C27H53N2+. The summed E-state index contributed by atoms with van der Waals surface area (Å²) >= 11 is 0. The number of nitrogens with one attached hydrogen (secondary N) is 1. The van der Waals surface area contributed by atoms with Crippen molar-refractivity contribution in [3.8, 4) is 0 Å². The van der Waals surface area contributed by atoms with Crippen LogP contribution in [0.15, 0.2) is 12.4 Å². The molecule has 0 aliphatic rings. The first-order valence-electron chi connectivity index (χ1n) is 13.4. The van der Waals surface area contributed by atoms with Gasteiger partial charge in [0.2, 0.25) is 0 Å². The number of aryl methyl sites for hydroxylation is 1. The second kappa shape index (κ2) is 19.2. The molecule has 0 fully saturated rings. The van der Waals surface area contributed by atoms with Gasteiger partial charge >= 0.3 is 0 Å². The fourth-order valence-electron chi connectivity index (χ4n) is 4.65. The highest BCUT2D eigenvalue weighted by Crippen LogP contribution is 2.26. The molecule has 1 heterocycles. The van der Waals surface area contributed by atoms with Crippen molar-refractivity contribution in [2.45, 2.75) is 155 Å². The summed E-state index contributed by atoms with van der Waals surface area (Å²) in [6.45, 7) is 7.96. The van der Waals surface area contributed by atoms with Crippen molar-refractivity contribution in [3.63, 3.8) is 0 Å². The van der Waals surface area contributed by atoms with Crippen molar-refractivity contribution in [1.82, 2.24) is 4.98 Å². The zero-order valence-electron chi connectivity index (χ0n) is 20.3. The zero-order chi connectivity index (χ0) is 21.0. The van der Waals surface area contributed by atoms with Crippen LogP contribution in [0.4, 0.5) is 0 Å². The number of H-pyrrole nitrogens is 1. The van der Waals surface area contributed by atoms with Gasteiger partial charge in [-0.25, -0.2) is 9.55 Å². The summed E-state index contributed by atoms with van der Waals surface area (Å²) in [7, 11) is 0. The Bertz CT molecular complexity index is 451. The topological polar surface area (TPSA) is 19.7 Å². The fraction of sp³-hybridized carbons (Fsp3) is 0.889. The van der Waals surface area contributed by atoms with E-state index in [1.54, 1.807) is 0 Å². The maximum Gasteiger partial charge on any atom is 0.257 e. The highest BCUT2D eigenvalue weighted by atomic mass is 15.1. The van der Waals surface area contributed by atoms with E-state index in [0.717, 1.165) is 12.5 Å². The molecule has 1 rings (SSSR count). The molecule has 2 heteroatoms. The first kappa shape index (κ1) is 26.2. The molecule has 0 saturated heterocycles. The molecule has 0 amide bonds. The van der Waals surface area contributed by atoms with Crippen LogP contribution < -0.4 is 4.57 Å². The van der Waals surface area contributed by atoms with E-state index in [2.05, 4.69) is 42.7 Å². The fourth-order valence-corrected chi connectivity index (χ4v) is 4.65. The van der Waals surface area contributed by atoms with Crippen LogP contribution in [-0.4, -0.2) is 4.98 Å². The second-order valence-electron chi connectivity index (χ2n) is 9.21. The van der Waals surface area contributed by atoms with Crippen molar-refractivity contribution in [2.75, 3.05) is 0 Å². The predicted molar refractivity (Wildman–Crippen MR) is 128 cm³/mol. The number of aromatic nitrogens is 2. The maximum atomic E-state index is 3.58. The first-order chi connectivity index (χ1) is 14.3. The quantitative estimate of drug-likeness (QED) is 0.156. The molecule has 29 heavy (non-hydrogen) atoms. The van der Waals surface area contributed by atoms with E-state index in [1.807, 2.05) is 0 Å². The number of rotatable bonds is 21. The van der Waals surface area contributed by atoms with Gasteiger partial charge in [0.25, 0.3) is 5.82 Å². The Morgan fingerprint density at radius 1 is 0.621 bits per heavy atom. The van der Waals surface area contributed by atoms with Crippen molar-refractivity contribution in [2.24, 2.45) is 0 Å². The van der Waals surface area contributed by atoms with Crippen molar-refractivity contribution in [1.29, 1.82) is 0 Å².